The van der Waals surface area contributed by atoms with Crippen LogP contribution < -0.4 is 9.64 Å². The van der Waals surface area contributed by atoms with E-state index < -0.39 is 0 Å². The van der Waals surface area contributed by atoms with Crippen LogP contribution >= 0.6 is 0 Å². The average molecular weight is 472 g/mol. The molecule has 1 saturated heterocycles. The van der Waals surface area contributed by atoms with Crippen molar-refractivity contribution in [3.05, 3.63) is 71.8 Å². The molecule has 0 aromatic heterocycles. The number of piperazine rings is 1. The van der Waals surface area contributed by atoms with Crippen LogP contribution in [0.5, 0.6) is 5.75 Å². The number of carbonyl (C=O) groups is 1. The highest BCUT2D eigenvalue weighted by atomic mass is 16.5. The van der Waals surface area contributed by atoms with Crippen molar-refractivity contribution in [3.8, 4) is 5.75 Å². The van der Waals surface area contributed by atoms with Gasteiger partial charge < -0.3 is 14.5 Å². The zero-order chi connectivity index (χ0) is 24.2. The van der Waals surface area contributed by atoms with E-state index >= 15 is 0 Å². The van der Waals surface area contributed by atoms with Crippen LogP contribution in [0, 0.1) is 0 Å². The van der Waals surface area contributed by atoms with Crippen molar-refractivity contribution in [2.75, 3.05) is 51.3 Å². The molecule has 3 aromatic carbocycles. The second-order valence-electron chi connectivity index (χ2n) is 9.80. The third-order valence-electron chi connectivity index (χ3n) is 7.82. The summed E-state index contributed by atoms with van der Waals surface area (Å²) in [6, 6.07) is 21.9. The van der Waals surface area contributed by atoms with Gasteiger partial charge in [-0.15, -0.1) is 0 Å². The van der Waals surface area contributed by atoms with Crippen molar-refractivity contribution in [2.24, 2.45) is 0 Å². The first-order valence-corrected chi connectivity index (χ1v) is 13.1. The molecule has 1 amide bonds. The quantitative estimate of drug-likeness (QED) is 0.498. The smallest absolute Gasteiger partial charge is 0.222 e. The summed E-state index contributed by atoms with van der Waals surface area (Å²) in [4.78, 5) is 20.2. The van der Waals surface area contributed by atoms with Gasteiger partial charge in [0.05, 0.1) is 7.11 Å². The van der Waals surface area contributed by atoms with Gasteiger partial charge in [0.1, 0.15) is 5.75 Å². The van der Waals surface area contributed by atoms with Crippen LogP contribution in [0.4, 0.5) is 5.69 Å². The molecule has 5 nitrogen and oxygen atoms in total. The number of amides is 1. The SMILES string of the molecule is CCC(=O)N(CCN1CCN(c2cccc3ccccc23)CC1)C1CCc2ccc(OC)cc2C1. The van der Waals surface area contributed by atoms with E-state index in [1.54, 1.807) is 7.11 Å². The summed E-state index contributed by atoms with van der Waals surface area (Å²) < 4.78 is 5.44. The minimum atomic E-state index is 0.274. The molecule has 1 heterocycles. The largest absolute Gasteiger partial charge is 0.497 e. The fourth-order valence-electron chi connectivity index (χ4n) is 5.77. The Morgan fingerprint density at radius 1 is 1.00 bits per heavy atom. The Bertz CT molecular complexity index is 1160. The fourth-order valence-corrected chi connectivity index (χ4v) is 5.77. The van der Waals surface area contributed by atoms with Gasteiger partial charge in [0.25, 0.3) is 0 Å². The minimum Gasteiger partial charge on any atom is -0.497 e. The molecule has 1 fully saturated rings. The number of hydrogen-bond acceptors (Lipinski definition) is 4. The van der Waals surface area contributed by atoms with Gasteiger partial charge in [-0.05, 0) is 54.0 Å². The Morgan fingerprint density at radius 2 is 1.80 bits per heavy atom. The van der Waals surface area contributed by atoms with E-state index in [-0.39, 0.29) is 11.9 Å². The Labute approximate surface area is 209 Å². The zero-order valence-corrected chi connectivity index (χ0v) is 21.1. The Morgan fingerprint density at radius 3 is 2.60 bits per heavy atom. The van der Waals surface area contributed by atoms with Crippen molar-refractivity contribution in [2.45, 2.75) is 38.6 Å². The number of aryl methyl sites for hydroxylation is 1. The van der Waals surface area contributed by atoms with E-state index in [2.05, 4.69) is 69.3 Å². The molecule has 5 rings (SSSR count). The molecule has 1 aliphatic carbocycles. The number of ether oxygens (including phenoxy) is 1. The van der Waals surface area contributed by atoms with Gasteiger partial charge in [0.15, 0.2) is 0 Å². The molecule has 5 heteroatoms. The predicted molar refractivity (Wildman–Crippen MR) is 143 cm³/mol. The summed E-state index contributed by atoms with van der Waals surface area (Å²) in [6.45, 7) is 7.84. The molecule has 0 spiro atoms. The summed E-state index contributed by atoms with van der Waals surface area (Å²) >= 11 is 0. The van der Waals surface area contributed by atoms with Crippen LogP contribution in [-0.2, 0) is 17.6 Å². The molecular formula is C30H37N3O2. The van der Waals surface area contributed by atoms with Crippen molar-refractivity contribution in [1.29, 1.82) is 0 Å². The molecule has 184 valence electrons. The van der Waals surface area contributed by atoms with Crippen molar-refractivity contribution in [1.82, 2.24) is 9.80 Å². The summed E-state index contributed by atoms with van der Waals surface area (Å²) in [5, 5.41) is 2.63. The van der Waals surface area contributed by atoms with Gasteiger partial charge in [0, 0.05) is 62.8 Å². The number of rotatable bonds is 7. The second kappa shape index (κ2) is 10.7. The van der Waals surface area contributed by atoms with E-state index in [4.69, 9.17) is 4.74 Å². The third-order valence-corrected chi connectivity index (χ3v) is 7.82. The zero-order valence-electron chi connectivity index (χ0n) is 21.1. The number of methoxy groups -OCH3 is 1. The van der Waals surface area contributed by atoms with Crippen LogP contribution in [0.15, 0.2) is 60.7 Å². The highest BCUT2D eigenvalue weighted by Crippen LogP contribution is 2.29. The van der Waals surface area contributed by atoms with Crippen LogP contribution in [0.2, 0.25) is 0 Å². The number of anilines is 1. The van der Waals surface area contributed by atoms with Crippen molar-refractivity contribution >= 4 is 22.4 Å². The number of benzene rings is 3. The maximum atomic E-state index is 13.0. The summed E-state index contributed by atoms with van der Waals surface area (Å²) in [7, 11) is 1.72. The molecule has 1 unspecified atom stereocenters. The summed E-state index contributed by atoms with van der Waals surface area (Å²) in [5.74, 6) is 1.18. The summed E-state index contributed by atoms with van der Waals surface area (Å²) in [5.41, 5.74) is 4.07. The molecule has 1 aliphatic heterocycles. The van der Waals surface area contributed by atoms with Gasteiger partial charge in [-0.25, -0.2) is 0 Å². The number of nitrogens with zero attached hydrogens (tertiary/aromatic N) is 3. The van der Waals surface area contributed by atoms with Gasteiger partial charge in [-0.2, -0.15) is 0 Å². The first-order chi connectivity index (χ1) is 17.2. The van der Waals surface area contributed by atoms with Crippen molar-refractivity contribution < 1.29 is 9.53 Å². The predicted octanol–water partition coefficient (Wildman–Crippen LogP) is 4.77. The van der Waals surface area contributed by atoms with E-state index in [0.717, 1.165) is 64.3 Å². The van der Waals surface area contributed by atoms with Crippen molar-refractivity contribution in [3.63, 3.8) is 0 Å². The second-order valence-corrected chi connectivity index (χ2v) is 9.80. The highest BCUT2D eigenvalue weighted by Gasteiger charge is 2.28. The normalized spacial score (nSPS) is 18.3. The average Bonchev–Trinajstić information content (AvgIpc) is 2.92. The molecule has 0 N–H and O–H groups in total. The van der Waals surface area contributed by atoms with E-state index in [0.29, 0.717) is 6.42 Å². The van der Waals surface area contributed by atoms with Crippen LogP contribution in [-0.4, -0.2) is 68.1 Å². The number of hydrogen-bond donors (Lipinski definition) is 0. The molecule has 0 radical (unpaired) electrons. The maximum Gasteiger partial charge on any atom is 0.222 e. The standard InChI is InChI=1S/C30H37N3O2/c1-3-30(34)33(26-13-11-23-12-14-27(35-2)22-25(23)21-26)20-17-31-15-18-32(19-16-31)29-10-6-8-24-7-4-5-9-28(24)29/h4-10,12,14,22,26H,3,11,13,15-21H2,1-2H3. The number of carbonyl (C=O) groups excluding carboxylic acids is 1. The van der Waals surface area contributed by atoms with E-state index in [1.807, 2.05) is 13.0 Å². The maximum absolute atomic E-state index is 13.0. The first kappa shape index (κ1) is 23.7. The van der Waals surface area contributed by atoms with Crippen LogP contribution in [0.25, 0.3) is 10.8 Å². The monoisotopic (exact) mass is 471 g/mol. The lowest BCUT2D eigenvalue weighted by Crippen LogP contribution is -2.51. The van der Waals surface area contributed by atoms with E-state index in [9.17, 15) is 4.79 Å². The highest BCUT2D eigenvalue weighted by molar-refractivity contribution is 5.94. The lowest BCUT2D eigenvalue weighted by Gasteiger charge is -2.39. The van der Waals surface area contributed by atoms with E-state index in [1.165, 1.54) is 27.6 Å². The molecule has 0 bridgehead atoms. The Hall–Kier alpha value is -3.05. The van der Waals surface area contributed by atoms with Gasteiger partial charge in [-0.3, -0.25) is 9.69 Å². The molecule has 0 saturated carbocycles. The first-order valence-electron chi connectivity index (χ1n) is 13.1. The minimum absolute atomic E-state index is 0.274. The molecule has 35 heavy (non-hydrogen) atoms. The van der Waals surface area contributed by atoms with Gasteiger partial charge in [-0.1, -0.05) is 49.4 Å². The molecule has 3 aromatic rings. The van der Waals surface area contributed by atoms with Gasteiger partial charge in [0.2, 0.25) is 5.91 Å². The molecular weight excluding hydrogens is 434 g/mol. The topological polar surface area (TPSA) is 36.0 Å². The van der Waals surface area contributed by atoms with Gasteiger partial charge >= 0.3 is 0 Å². The summed E-state index contributed by atoms with van der Waals surface area (Å²) in [6.07, 6.45) is 3.56. The Balaban J connectivity index is 1.20. The number of fused-ring (bicyclic) bond motifs is 2. The van der Waals surface area contributed by atoms with Crippen LogP contribution in [0.3, 0.4) is 0 Å². The lowest BCUT2D eigenvalue weighted by molar-refractivity contribution is -0.133. The molecule has 2 aliphatic rings. The van der Waals surface area contributed by atoms with Crippen LogP contribution in [0.1, 0.15) is 30.9 Å². The molecule has 1 atom stereocenters. The Kier molecular flexibility index (Phi) is 7.24. The fraction of sp³-hybridized carbons (Fsp3) is 0.433. The lowest BCUT2D eigenvalue weighted by atomic mass is 9.87. The third kappa shape index (κ3) is 5.15.